The molecule has 0 aliphatic heterocycles. The van der Waals surface area contributed by atoms with Crippen LogP contribution < -0.4 is 0 Å². The molecule has 0 spiro atoms. The predicted molar refractivity (Wildman–Crippen MR) is 87.2 cm³/mol. The number of hydrogen-bond donors (Lipinski definition) is 0. The highest BCUT2D eigenvalue weighted by Gasteiger charge is 2.06. The largest absolute Gasteiger partial charge is 0.338 e. The van der Waals surface area contributed by atoms with Crippen LogP contribution in [0.2, 0.25) is 0 Å². The van der Waals surface area contributed by atoms with Gasteiger partial charge in [-0.3, -0.25) is 0 Å². The van der Waals surface area contributed by atoms with Crippen LogP contribution in [0, 0.1) is 0 Å². The zero-order valence-electron chi connectivity index (χ0n) is 12.1. The van der Waals surface area contributed by atoms with Gasteiger partial charge >= 0.3 is 0 Å². The molecule has 0 amide bonds. The highest BCUT2D eigenvalue weighted by atomic mass is 32.2. The molecule has 0 aliphatic carbocycles. The van der Waals surface area contributed by atoms with Gasteiger partial charge in [0.15, 0.2) is 5.82 Å². The van der Waals surface area contributed by atoms with Crippen molar-refractivity contribution < 1.29 is 4.52 Å². The Bertz CT molecular complexity index is 718. The van der Waals surface area contributed by atoms with E-state index in [1.807, 2.05) is 11.8 Å². The van der Waals surface area contributed by atoms with Gasteiger partial charge in [0.05, 0.1) is 5.75 Å². The van der Waals surface area contributed by atoms with Crippen molar-refractivity contribution >= 4 is 22.5 Å². The summed E-state index contributed by atoms with van der Waals surface area (Å²) in [6.45, 7) is 2.12. The number of benzene rings is 2. The molecule has 0 unspecified atom stereocenters. The van der Waals surface area contributed by atoms with E-state index in [1.54, 1.807) is 0 Å². The number of nitrogens with zero attached hydrogens (tertiary/aromatic N) is 2. The average Bonchev–Trinajstić information content (AvgIpc) is 2.96. The molecule has 1 heterocycles. The van der Waals surface area contributed by atoms with Crippen molar-refractivity contribution in [1.82, 2.24) is 10.1 Å². The first-order valence-electron chi connectivity index (χ1n) is 7.22. The lowest BCUT2D eigenvalue weighted by atomic mass is 10.1. The summed E-state index contributed by atoms with van der Waals surface area (Å²) >= 11 is 1.81. The van der Waals surface area contributed by atoms with Gasteiger partial charge in [-0.2, -0.15) is 4.98 Å². The summed E-state index contributed by atoms with van der Waals surface area (Å²) < 4.78 is 5.26. The number of aromatic nitrogens is 2. The van der Waals surface area contributed by atoms with Crippen molar-refractivity contribution in [2.45, 2.75) is 31.3 Å². The Morgan fingerprint density at radius 1 is 1.05 bits per heavy atom. The van der Waals surface area contributed by atoms with Gasteiger partial charge in [0.1, 0.15) is 0 Å². The molecule has 0 fully saturated rings. The summed E-state index contributed by atoms with van der Waals surface area (Å²) in [5.41, 5.74) is 1.35. The third-order valence-corrected chi connectivity index (χ3v) is 4.31. The van der Waals surface area contributed by atoms with Crippen molar-refractivity contribution in [3.05, 3.63) is 59.7 Å². The van der Waals surface area contributed by atoms with Crippen molar-refractivity contribution in [3.63, 3.8) is 0 Å². The van der Waals surface area contributed by atoms with Gasteiger partial charge < -0.3 is 4.52 Å². The second-order valence-corrected chi connectivity index (χ2v) is 5.97. The average molecular weight is 298 g/mol. The zero-order chi connectivity index (χ0) is 14.5. The molecule has 1 aromatic heterocycles. The summed E-state index contributed by atoms with van der Waals surface area (Å²) in [6, 6.07) is 14.9. The minimum absolute atomic E-state index is 0.726. The SMILES string of the molecule is CCCc1noc(CSCc2cccc3ccccc23)n1. The lowest BCUT2D eigenvalue weighted by Crippen LogP contribution is -1.88. The smallest absolute Gasteiger partial charge is 0.236 e. The van der Waals surface area contributed by atoms with Crippen molar-refractivity contribution in [3.8, 4) is 0 Å². The number of aryl methyl sites for hydroxylation is 1. The van der Waals surface area contributed by atoms with Crippen molar-refractivity contribution in [2.75, 3.05) is 0 Å². The number of hydrogen-bond acceptors (Lipinski definition) is 4. The van der Waals surface area contributed by atoms with E-state index in [1.165, 1.54) is 16.3 Å². The van der Waals surface area contributed by atoms with Gasteiger partial charge in [0.25, 0.3) is 0 Å². The molecule has 3 aromatic rings. The van der Waals surface area contributed by atoms with Gasteiger partial charge in [0, 0.05) is 12.2 Å². The van der Waals surface area contributed by atoms with E-state index >= 15 is 0 Å². The molecule has 2 aromatic carbocycles. The fourth-order valence-electron chi connectivity index (χ4n) is 2.34. The highest BCUT2D eigenvalue weighted by Crippen LogP contribution is 2.24. The predicted octanol–water partition coefficient (Wildman–Crippen LogP) is 4.61. The molecule has 4 heteroatoms. The van der Waals surface area contributed by atoms with E-state index in [9.17, 15) is 0 Å². The monoisotopic (exact) mass is 298 g/mol. The normalized spacial score (nSPS) is 11.1. The Morgan fingerprint density at radius 2 is 1.90 bits per heavy atom. The summed E-state index contributed by atoms with van der Waals surface area (Å²) in [7, 11) is 0. The second-order valence-electron chi connectivity index (χ2n) is 4.99. The van der Waals surface area contributed by atoms with E-state index in [-0.39, 0.29) is 0 Å². The van der Waals surface area contributed by atoms with Gasteiger partial charge in [-0.05, 0) is 22.8 Å². The molecule has 0 atom stereocenters. The molecular formula is C17H18N2OS. The molecule has 108 valence electrons. The van der Waals surface area contributed by atoms with Crippen molar-refractivity contribution in [1.29, 1.82) is 0 Å². The summed E-state index contributed by atoms with van der Waals surface area (Å²) in [5, 5.41) is 6.60. The maximum Gasteiger partial charge on any atom is 0.236 e. The molecule has 0 bridgehead atoms. The minimum Gasteiger partial charge on any atom is -0.338 e. The summed E-state index contributed by atoms with van der Waals surface area (Å²) in [5.74, 6) is 3.26. The van der Waals surface area contributed by atoms with Crippen LogP contribution in [0.3, 0.4) is 0 Å². The Balaban J connectivity index is 1.63. The van der Waals surface area contributed by atoms with E-state index in [0.717, 1.165) is 36.1 Å². The molecule has 21 heavy (non-hydrogen) atoms. The molecule has 0 saturated carbocycles. The molecule has 3 rings (SSSR count). The first kappa shape index (κ1) is 14.1. The number of fused-ring (bicyclic) bond motifs is 1. The first-order chi connectivity index (χ1) is 10.4. The standard InChI is InChI=1S/C17H18N2OS/c1-2-6-16-18-17(20-19-16)12-21-11-14-9-5-8-13-7-3-4-10-15(13)14/h3-5,7-10H,2,6,11-12H2,1H3. The fourth-order valence-corrected chi connectivity index (χ4v) is 3.21. The first-order valence-corrected chi connectivity index (χ1v) is 8.38. The highest BCUT2D eigenvalue weighted by molar-refractivity contribution is 7.97. The van der Waals surface area contributed by atoms with Crippen LogP contribution in [-0.2, 0) is 17.9 Å². The van der Waals surface area contributed by atoms with Crippen LogP contribution in [0.25, 0.3) is 10.8 Å². The quantitative estimate of drug-likeness (QED) is 0.666. The van der Waals surface area contributed by atoms with Gasteiger partial charge in [-0.1, -0.05) is 54.5 Å². The Labute approximate surface area is 128 Å². The third-order valence-electron chi connectivity index (χ3n) is 3.35. The topological polar surface area (TPSA) is 38.9 Å². The van der Waals surface area contributed by atoms with Gasteiger partial charge in [-0.25, -0.2) is 0 Å². The van der Waals surface area contributed by atoms with Gasteiger partial charge in [-0.15, -0.1) is 11.8 Å². The molecule has 3 nitrogen and oxygen atoms in total. The lowest BCUT2D eigenvalue weighted by Gasteiger charge is -2.05. The molecule has 0 aliphatic rings. The second kappa shape index (κ2) is 6.76. The summed E-state index contributed by atoms with van der Waals surface area (Å²) in [4.78, 5) is 4.39. The molecule has 0 radical (unpaired) electrons. The van der Waals surface area contributed by atoms with Crippen LogP contribution in [0.5, 0.6) is 0 Å². The molecular weight excluding hydrogens is 280 g/mol. The number of thioether (sulfide) groups is 1. The summed E-state index contributed by atoms with van der Waals surface area (Å²) in [6.07, 6.45) is 1.93. The molecule has 0 saturated heterocycles. The fraction of sp³-hybridized carbons (Fsp3) is 0.294. The van der Waals surface area contributed by atoms with Gasteiger partial charge in [0.2, 0.25) is 5.89 Å². The number of rotatable bonds is 6. The lowest BCUT2D eigenvalue weighted by molar-refractivity contribution is 0.384. The van der Waals surface area contributed by atoms with E-state index in [2.05, 4.69) is 59.5 Å². The van der Waals surface area contributed by atoms with Crippen LogP contribution >= 0.6 is 11.8 Å². The maximum atomic E-state index is 5.26. The maximum absolute atomic E-state index is 5.26. The Kier molecular flexibility index (Phi) is 4.55. The van der Waals surface area contributed by atoms with E-state index < -0.39 is 0 Å². The van der Waals surface area contributed by atoms with E-state index in [4.69, 9.17) is 4.52 Å². The Morgan fingerprint density at radius 3 is 2.81 bits per heavy atom. The van der Waals surface area contributed by atoms with Crippen LogP contribution in [-0.4, -0.2) is 10.1 Å². The van der Waals surface area contributed by atoms with Crippen LogP contribution in [0.15, 0.2) is 47.0 Å². The zero-order valence-corrected chi connectivity index (χ0v) is 12.9. The Hall–Kier alpha value is -1.81. The van der Waals surface area contributed by atoms with Crippen molar-refractivity contribution in [2.24, 2.45) is 0 Å². The van der Waals surface area contributed by atoms with Crippen LogP contribution in [0.1, 0.15) is 30.6 Å². The third kappa shape index (κ3) is 3.45. The molecule has 0 N–H and O–H groups in total. The minimum atomic E-state index is 0.726. The van der Waals surface area contributed by atoms with E-state index in [0.29, 0.717) is 0 Å². The van der Waals surface area contributed by atoms with Crippen LogP contribution in [0.4, 0.5) is 0 Å².